The van der Waals surface area contributed by atoms with E-state index in [1.807, 2.05) is 6.07 Å². The van der Waals surface area contributed by atoms with Gasteiger partial charge in [0.1, 0.15) is 5.52 Å². The van der Waals surface area contributed by atoms with Gasteiger partial charge in [0.25, 0.3) is 0 Å². The second-order valence-corrected chi connectivity index (χ2v) is 6.96. The highest BCUT2D eigenvalue weighted by Crippen LogP contribution is 2.34. The summed E-state index contributed by atoms with van der Waals surface area (Å²) >= 11 is 12.1. The van der Waals surface area contributed by atoms with Crippen LogP contribution >= 0.6 is 23.2 Å². The lowest BCUT2D eigenvalue weighted by Gasteiger charge is -2.16. The number of anilines is 1. The second-order valence-electron chi connectivity index (χ2n) is 6.11. The fourth-order valence-corrected chi connectivity index (χ4v) is 3.56. The van der Waals surface area contributed by atoms with Crippen LogP contribution in [0.15, 0.2) is 40.8 Å². The van der Waals surface area contributed by atoms with Crippen molar-refractivity contribution in [3.63, 3.8) is 0 Å². The topological polar surface area (TPSA) is 89.4 Å². The molecule has 0 spiro atoms. The molecule has 6 nitrogen and oxygen atoms in total. The molecular formula is C18H13Cl2N3O3. The summed E-state index contributed by atoms with van der Waals surface area (Å²) in [5.74, 6) is -0.721. The average Bonchev–Trinajstić information content (AvgIpc) is 3.19. The first-order valence-electron chi connectivity index (χ1n) is 7.88. The van der Waals surface area contributed by atoms with Crippen molar-refractivity contribution >= 4 is 51.8 Å². The van der Waals surface area contributed by atoms with Gasteiger partial charge in [-0.3, -0.25) is 9.59 Å². The van der Waals surface area contributed by atoms with Crippen LogP contribution in [0.4, 0.5) is 5.69 Å². The summed E-state index contributed by atoms with van der Waals surface area (Å²) < 4.78 is 5.76. The van der Waals surface area contributed by atoms with Gasteiger partial charge in [-0.2, -0.15) is 0 Å². The molecule has 1 aromatic heterocycles. The molecule has 0 saturated carbocycles. The summed E-state index contributed by atoms with van der Waals surface area (Å²) in [6.45, 7) is 0.270. The monoisotopic (exact) mass is 389 g/mol. The van der Waals surface area contributed by atoms with Crippen LogP contribution in [0, 0.1) is 5.92 Å². The lowest BCUT2D eigenvalue weighted by molar-refractivity contribution is -0.123. The Morgan fingerprint density at radius 1 is 1.27 bits per heavy atom. The number of carbonyl (C=O) groups excluding carboxylic acids is 2. The fourth-order valence-electron chi connectivity index (χ4n) is 3.04. The van der Waals surface area contributed by atoms with Gasteiger partial charge in [-0.05, 0) is 30.3 Å². The van der Waals surface area contributed by atoms with Gasteiger partial charge in [-0.1, -0.05) is 29.3 Å². The molecule has 8 heteroatoms. The van der Waals surface area contributed by atoms with E-state index in [9.17, 15) is 9.59 Å². The maximum atomic E-state index is 12.2. The van der Waals surface area contributed by atoms with Crippen LogP contribution in [0.5, 0.6) is 0 Å². The Labute approximate surface area is 158 Å². The summed E-state index contributed by atoms with van der Waals surface area (Å²) in [6, 6.07) is 10.4. The Morgan fingerprint density at radius 2 is 2.08 bits per heavy atom. The standard InChI is InChI=1S/C18H13Cl2N3O3/c19-11-6-13(20)16-14(7-11)22-18(26-16)9-2-1-3-12(4-9)23-8-10(17(21)25)5-15(23)24/h1-4,6-7,10H,5,8H2,(H2,21,25). The second kappa shape index (κ2) is 6.30. The number of halogens is 2. The van der Waals surface area contributed by atoms with E-state index in [0.717, 1.165) is 0 Å². The third-order valence-electron chi connectivity index (χ3n) is 4.34. The van der Waals surface area contributed by atoms with Gasteiger partial charge in [0.15, 0.2) is 5.58 Å². The van der Waals surface area contributed by atoms with Crippen LogP contribution in [0.3, 0.4) is 0 Å². The lowest BCUT2D eigenvalue weighted by atomic mass is 10.1. The minimum absolute atomic E-state index is 0.122. The Morgan fingerprint density at radius 3 is 2.81 bits per heavy atom. The number of hydrogen-bond donors (Lipinski definition) is 1. The molecule has 4 rings (SSSR count). The molecule has 1 saturated heterocycles. The van der Waals surface area contributed by atoms with Crippen LogP contribution < -0.4 is 10.6 Å². The van der Waals surface area contributed by atoms with Crippen LogP contribution in [-0.4, -0.2) is 23.3 Å². The molecule has 1 aliphatic rings. The third-order valence-corrected chi connectivity index (χ3v) is 4.84. The van der Waals surface area contributed by atoms with Gasteiger partial charge in [0, 0.05) is 29.2 Å². The molecule has 2 heterocycles. The van der Waals surface area contributed by atoms with E-state index >= 15 is 0 Å². The number of aromatic nitrogens is 1. The zero-order valence-corrected chi connectivity index (χ0v) is 14.9. The number of benzene rings is 2. The molecule has 1 unspecified atom stereocenters. The fraction of sp³-hybridized carbons (Fsp3) is 0.167. The summed E-state index contributed by atoms with van der Waals surface area (Å²) in [6.07, 6.45) is 0.122. The van der Waals surface area contributed by atoms with Crippen molar-refractivity contribution in [2.75, 3.05) is 11.4 Å². The molecule has 26 heavy (non-hydrogen) atoms. The number of fused-ring (bicyclic) bond motifs is 1. The van der Waals surface area contributed by atoms with Gasteiger partial charge in [-0.25, -0.2) is 4.98 Å². The quantitative estimate of drug-likeness (QED) is 0.740. The molecule has 2 N–H and O–H groups in total. The van der Waals surface area contributed by atoms with Crippen molar-refractivity contribution in [1.29, 1.82) is 0 Å². The Bertz CT molecular complexity index is 1050. The van der Waals surface area contributed by atoms with Gasteiger partial charge in [-0.15, -0.1) is 0 Å². The molecule has 0 radical (unpaired) electrons. The Hall–Kier alpha value is -2.57. The smallest absolute Gasteiger partial charge is 0.227 e. The van der Waals surface area contributed by atoms with Crippen molar-refractivity contribution in [1.82, 2.24) is 4.98 Å². The first kappa shape index (κ1) is 16.9. The predicted molar refractivity (Wildman–Crippen MR) is 99.1 cm³/mol. The van der Waals surface area contributed by atoms with E-state index in [-0.39, 0.29) is 18.9 Å². The highest BCUT2D eigenvalue weighted by atomic mass is 35.5. The maximum absolute atomic E-state index is 12.2. The van der Waals surface area contributed by atoms with Crippen molar-refractivity contribution < 1.29 is 14.0 Å². The van der Waals surface area contributed by atoms with Crippen molar-refractivity contribution in [3.05, 3.63) is 46.4 Å². The summed E-state index contributed by atoms with van der Waals surface area (Å²) in [5, 5.41) is 0.845. The molecule has 3 aromatic rings. The summed E-state index contributed by atoms with van der Waals surface area (Å²) in [4.78, 5) is 29.5. The van der Waals surface area contributed by atoms with E-state index in [1.54, 1.807) is 35.2 Å². The van der Waals surface area contributed by atoms with Crippen LogP contribution in [-0.2, 0) is 9.59 Å². The minimum Gasteiger partial charge on any atom is -0.435 e. The van der Waals surface area contributed by atoms with Gasteiger partial charge < -0.3 is 15.1 Å². The SMILES string of the molecule is NC(=O)C1CC(=O)N(c2cccc(-c3nc4cc(Cl)cc(Cl)c4o3)c2)C1. The maximum Gasteiger partial charge on any atom is 0.227 e. The number of carbonyl (C=O) groups is 2. The number of primary amides is 1. The first-order valence-corrected chi connectivity index (χ1v) is 8.63. The van der Waals surface area contributed by atoms with E-state index in [0.29, 0.717) is 38.3 Å². The molecular weight excluding hydrogens is 377 g/mol. The van der Waals surface area contributed by atoms with E-state index in [4.69, 9.17) is 33.4 Å². The zero-order valence-electron chi connectivity index (χ0n) is 13.4. The van der Waals surface area contributed by atoms with E-state index in [1.165, 1.54) is 0 Å². The first-order chi connectivity index (χ1) is 12.4. The van der Waals surface area contributed by atoms with Crippen molar-refractivity contribution in [2.45, 2.75) is 6.42 Å². The number of rotatable bonds is 3. The molecule has 1 fully saturated rings. The largest absolute Gasteiger partial charge is 0.435 e. The highest BCUT2D eigenvalue weighted by molar-refractivity contribution is 6.38. The van der Waals surface area contributed by atoms with Crippen molar-refractivity contribution in [2.24, 2.45) is 11.7 Å². The predicted octanol–water partition coefficient (Wildman–Crippen LogP) is 3.64. The number of nitrogens with zero attached hydrogens (tertiary/aromatic N) is 2. The molecule has 0 bridgehead atoms. The summed E-state index contributed by atoms with van der Waals surface area (Å²) in [5.41, 5.74) is 7.66. The molecule has 2 amide bonds. The highest BCUT2D eigenvalue weighted by Gasteiger charge is 2.34. The van der Waals surface area contributed by atoms with Gasteiger partial charge in [0.05, 0.1) is 10.9 Å². The number of oxazole rings is 1. The van der Waals surface area contributed by atoms with Crippen LogP contribution in [0.25, 0.3) is 22.6 Å². The Kier molecular flexibility index (Phi) is 4.09. The summed E-state index contributed by atoms with van der Waals surface area (Å²) in [7, 11) is 0. The van der Waals surface area contributed by atoms with Crippen LogP contribution in [0.1, 0.15) is 6.42 Å². The number of amides is 2. The molecule has 0 aliphatic carbocycles. The molecule has 1 aliphatic heterocycles. The number of hydrogen-bond acceptors (Lipinski definition) is 4. The molecule has 2 aromatic carbocycles. The average molecular weight is 390 g/mol. The third kappa shape index (κ3) is 2.91. The number of nitrogens with two attached hydrogens (primary N) is 1. The van der Waals surface area contributed by atoms with Crippen molar-refractivity contribution in [3.8, 4) is 11.5 Å². The lowest BCUT2D eigenvalue weighted by Crippen LogP contribution is -2.28. The Balaban J connectivity index is 1.71. The van der Waals surface area contributed by atoms with Crippen LogP contribution in [0.2, 0.25) is 10.0 Å². The van der Waals surface area contributed by atoms with Gasteiger partial charge >= 0.3 is 0 Å². The van der Waals surface area contributed by atoms with E-state index in [2.05, 4.69) is 4.98 Å². The minimum atomic E-state index is -0.476. The molecule has 1 atom stereocenters. The van der Waals surface area contributed by atoms with Gasteiger partial charge in [0.2, 0.25) is 17.7 Å². The normalized spacial score (nSPS) is 17.2. The molecule has 132 valence electrons. The zero-order chi connectivity index (χ0) is 18.4. The van der Waals surface area contributed by atoms with E-state index < -0.39 is 11.8 Å².